The lowest BCUT2D eigenvalue weighted by Crippen LogP contribution is -2.28. The predicted octanol–water partition coefficient (Wildman–Crippen LogP) is 6.27. The van der Waals surface area contributed by atoms with Crippen LogP contribution in [0.25, 0.3) is 17.4 Å². The van der Waals surface area contributed by atoms with Crippen LogP contribution in [0.3, 0.4) is 0 Å². The average Bonchev–Trinajstić information content (AvgIpc) is 3.34. The summed E-state index contributed by atoms with van der Waals surface area (Å²) in [6, 6.07) is 13.2. The molecule has 4 rings (SSSR count). The number of likely N-dealkylation sites (N-methyl/N-ethyl adjacent to an activating group) is 1. The summed E-state index contributed by atoms with van der Waals surface area (Å²) in [6.07, 6.45) is 1.56. The zero-order valence-electron chi connectivity index (χ0n) is 16.6. The molecule has 0 spiro atoms. The lowest BCUT2D eigenvalue weighted by Gasteiger charge is -2.11. The molecule has 162 valence electrons. The van der Waals surface area contributed by atoms with E-state index in [1.165, 1.54) is 59.1 Å². The molecule has 0 N–H and O–H groups in total. The number of benzene rings is 2. The number of furan rings is 1. The van der Waals surface area contributed by atoms with Crippen LogP contribution < -0.4 is 0 Å². The largest absolute Gasteiger partial charge is 0.456 e. The van der Waals surface area contributed by atoms with E-state index in [9.17, 15) is 19.3 Å². The molecule has 10 heteroatoms. The molecule has 2 aromatic carbocycles. The van der Waals surface area contributed by atoms with Crippen molar-refractivity contribution < 1.29 is 18.5 Å². The molecular formula is C22H15ClFN3O4S. The number of aliphatic imine (C=N–C) groups is 1. The zero-order valence-corrected chi connectivity index (χ0v) is 18.2. The van der Waals surface area contributed by atoms with Crippen molar-refractivity contribution in [2.45, 2.75) is 6.92 Å². The Morgan fingerprint density at radius 1 is 1.22 bits per heavy atom. The third kappa shape index (κ3) is 4.44. The molecule has 1 saturated heterocycles. The fourth-order valence-electron chi connectivity index (χ4n) is 3.06. The standard InChI is InChI=1S/C22H15ClFN3O4S/c1-2-26-21(28)20(32-22(26)25-15-6-4-14(24)5-7-15)12-16-8-10-19(31-16)17-9-3-13(23)11-18(17)27(29)30/h3-12H,2H2,1H3/b20-12+,25-22?. The van der Waals surface area contributed by atoms with Gasteiger partial charge in [-0.1, -0.05) is 11.6 Å². The number of carbonyl (C=O) groups is 1. The number of amidine groups is 1. The Balaban J connectivity index is 1.64. The minimum atomic E-state index is -0.532. The van der Waals surface area contributed by atoms with Crippen molar-refractivity contribution in [2.24, 2.45) is 4.99 Å². The number of hydrogen-bond acceptors (Lipinski definition) is 6. The monoisotopic (exact) mass is 471 g/mol. The van der Waals surface area contributed by atoms with E-state index in [4.69, 9.17) is 16.0 Å². The maximum atomic E-state index is 13.1. The van der Waals surface area contributed by atoms with Gasteiger partial charge in [0, 0.05) is 23.7 Å². The summed E-state index contributed by atoms with van der Waals surface area (Å²) >= 11 is 7.04. The molecule has 0 radical (unpaired) electrons. The van der Waals surface area contributed by atoms with Crippen LogP contribution in [0.15, 0.2) is 68.9 Å². The molecule has 0 unspecified atom stereocenters. The van der Waals surface area contributed by atoms with Crippen LogP contribution in [-0.2, 0) is 4.79 Å². The Morgan fingerprint density at radius 3 is 2.66 bits per heavy atom. The highest BCUT2D eigenvalue weighted by Crippen LogP contribution is 2.37. The van der Waals surface area contributed by atoms with Crippen LogP contribution in [0.1, 0.15) is 12.7 Å². The number of nitro benzene ring substituents is 1. The quantitative estimate of drug-likeness (QED) is 0.248. The van der Waals surface area contributed by atoms with Crippen LogP contribution in [0.2, 0.25) is 5.02 Å². The second-order valence-corrected chi connectivity index (χ2v) is 8.10. The van der Waals surface area contributed by atoms with Crippen molar-refractivity contribution in [1.82, 2.24) is 4.90 Å². The Labute approximate surface area is 191 Å². The first kappa shape index (κ1) is 21.8. The lowest BCUT2D eigenvalue weighted by molar-refractivity contribution is -0.384. The summed E-state index contributed by atoms with van der Waals surface area (Å²) in [7, 11) is 0. The van der Waals surface area contributed by atoms with Crippen LogP contribution in [0, 0.1) is 15.9 Å². The van der Waals surface area contributed by atoms with E-state index in [1.54, 1.807) is 18.2 Å². The van der Waals surface area contributed by atoms with Gasteiger partial charge in [-0.05, 0) is 67.2 Å². The van der Waals surface area contributed by atoms with E-state index >= 15 is 0 Å². The van der Waals surface area contributed by atoms with Crippen molar-refractivity contribution in [3.05, 3.63) is 86.2 Å². The normalized spacial score (nSPS) is 16.3. The number of nitrogens with zero attached hydrogens (tertiary/aromatic N) is 3. The van der Waals surface area contributed by atoms with E-state index in [-0.39, 0.29) is 33.8 Å². The fourth-order valence-corrected chi connectivity index (χ4v) is 4.27. The van der Waals surface area contributed by atoms with Crippen LogP contribution in [0.5, 0.6) is 0 Å². The third-order valence-electron chi connectivity index (χ3n) is 4.58. The van der Waals surface area contributed by atoms with Crippen molar-refractivity contribution in [3.8, 4) is 11.3 Å². The predicted molar refractivity (Wildman–Crippen MR) is 122 cm³/mol. The number of nitro groups is 1. The number of amides is 1. The fraction of sp³-hybridized carbons (Fsp3) is 0.0909. The molecule has 1 amide bonds. The molecule has 1 fully saturated rings. The molecule has 0 bridgehead atoms. The van der Waals surface area contributed by atoms with Gasteiger partial charge in [0.05, 0.1) is 21.1 Å². The van der Waals surface area contributed by atoms with Gasteiger partial charge < -0.3 is 4.42 Å². The summed E-state index contributed by atoms with van der Waals surface area (Å²) < 4.78 is 18.9. The van der Waals surface area contributed by atoms with Crippen molar-refractivity contribution in [1.29, 1.82) is 0 Å². The summed E-state index contributed by atoms with van der Waals surface area (Å²) in [5.41, 5.74) is 0.628. The van der Waals surface area contributed by atoms with Gasteiger partial charge in [-0.25, -0.2) is 9.38 Å². The summed E-state index contributed by atoms with van der Waals surface area (Å²) in [4.78, 5) is 30.0. The maximum absolute atomic E-state index is 13.1. The highest BCUT2D eigenvalue weighted by atomic mass is 35.5. The van der Waals surface area contributed by atoms with Gasteiger partial charge in [0.15, 0.2) is 5.17 Å². The molecule has 1 aliphatic heterocycles. The molecule has 1 aliphatic rings. The van der Waals surface area contributed by atoms with E-state index in [0.29, 0.717) is 28.1 Å². The first-order chi connectivity index (χ1) is 15.4. The second kappa shape index (κ2) is 8.97. The van der Waals surface area contributed by atoms with Gasteiger partial charge in [0.1, 0.15) is 17.3 Å². The van der Waals surface area contributed by atoms with Gasteiger partial charge in [-0.15, -0.1) is 0 Å². The van der Waals surface area contributed by atoms with Gasteiger partial charge in [0.2, 0.25) is 0 Å². The van der Waals surface area contributed by atoms with Crippen LogP contribution in [-0.4, -0.2) is 27.4 Å². The molecule has 32 heavy (non-hydrogen) atoms. The number of halogens is 2. The molecule has 2 heterocycles. The first-order valence-electron chi connectivity index (χ1n) is 9.45. The zero-order chi connectivity index (χ0) is 22.8. The number of thioether (sulfide) groups is 1. The summed E-state index contributed by atoms with van der Waals surface area (Å²) in [6.45, 7) is 2.23. The van der Waals surface area contributed by atoms with Crippen molar-refractivity contribution in [2.75, 3.05) is 6.54 Å². The SMILES string of the molecule is CCN1C(=O)/C(=C\c2ccc(-c3ccc(Cl)cc3[N+](=O)[O-])o2)SC1=Nc1ccc(F)cc1. The minimum Gasteiger partial charge on any atom is -0.456 e. The third-order valence-corrected chi connectivity index (χ3v) is 5.82. The van der Waals surface area contributed by atoms with E-state index in [1.807, 2.05) is 6.92 Å². The molecule has 0 aliphatic carbocycles. The first-order valence-corrected chi connectivity index (χ1v) is 10.6. The second-order valence-electron chi connectivity index (χ2n) is 6.65. The Kier molecular flexibility index (Phi) is 6.11. The molecule has 1 aromatic heterocycles. The molecular weight excluding hydrogens is 457 g/mol. The van der Waals surface area contributed by atoms with E-state index in [0.717, 1.165) is 0 Å². The topological polar surface area (TPSA) is 89.0 Å². The summed E-state index contributed by atoms with van der Waals surface area (Å²) in [5, 5.41) is 12.1. The Bertz CT molecular complexity index is 1270. The van der Waals surface area contributed by atoms with Gasteiger partial charge in [-0.2, -0.15) is 0 Å². The van der Waals surface area contributed by atoms with Gasteiger partial charge >= 0.3 is 0 Å². The van der Waals surface area contributed by atoms with Crippen molar-refractivity contribution in [3.63, 3.8) is 0 Å². The van der Waals surface area contributed by atoms with Crippen molar-refractivity contribution >= 4 is 51.9 Å². The summed E-state index contributed by atoms with van der Waals surface area (Å²) in [5.74, 6) is 0.0303. The molecule has 3 aromatic rings. The number of hydrogen-bond donors (Lipinski definition) is 0. The lowest BCUT2D eigenvalue weighted by atomic mass is 10.1. The minimum absolute atomic E-state index is 0.178. The maximum Gasteiger partial charge on any atom is 0.281 e. The Morgan fingerprint density at radius 2 is 1.97 bits per heavy atom. The molecule has 0 atom stereocenters. The average molecular weight is 472 g/mol. The van der Waals surface area contributed by atoms with Gasteiger partial charge in [-0.3, -0.25) is 19.8 Å². The van der Waals surface area contributed by atoms with E-state index < -0.39 is 4.92 Å². The molecule has 7 nitrogen and oxygen atoms in total. The smallest absolute Gasteiger partial charge is 0.281 e. The van der Waals surface area contributed by atoms with E-state index in [2.05, 4.69) is 4.99 Å². The highest BCUT2D eigenvalue weighted by Gasteiger charge is 2.32. The van der Waals surface area contributed by atoms with Crippen LogP contribution >= 0.6 is 23.4 Å². The molecule has 0 saturated carbocycles. The Hall–Kier alpha value is -3.43. The van der Waals surface area contributed by atoms with Gasteiger partial charge in [0.25, 0.3) is 11.6 Å². The highest BCUT2D eigenvalue weighted by molar-refractivity contribution is 8.18. The van der Waals surface area contributed by atoms with Crippen LogP contribution in [0.4, 0.5) is 15.8 Å². The number of carbonyl (C=O) groups excluding carboxylic acids is 1. The number of rotatable bonds is 5.